The fourth-order valence-electron chi connectivity index (χ4n) is 2.72. The maximum absolute atomic E-state index is 13.3. The number of para-hydroxylation sites is 1. The van der Waals surface area contributed by atoms with Crippen LogP contribution in [0.1, 0.15) is 27.2 Å². The Bertz CT molecular complexity index is 884. The van der Waals surface area contributed by atoms with E-state index in [4.69, 9.17) is 9.47 Å². The Balaban J connectivity index is 2.14. The minimum Gasteiger partial charge on any atom is -0.494 e. The molecule has 1 amide bonds. The van der Waals surface area contributed by atoms with Gasteiger partial charge in [0.15, 0.2) is 0 Å². The summed E-state index contributed by atoms with van der Waals surface area (Å²) in [5.41, 5.74) is 0.421. The van der Waals surface area contributed by atoms with Gasteiger partial charge in [0.05, 0.1) is 23.3 Å². The third-order valence-electron chi connectivity index (χ3n) is 4.15. The Morgan fingerprint density at radius 1 is 1.07 bits per heavy atom. The third-order valence-corrected chi connectivity index (χ3v) is 5.94. The van der Waals surface area contributed by atoms with Gasteiger partial charge in [-0.1, -0.05) is 18.2 Å². The second kappa shape index (κ2) is 11.6. The molecule has 0 saturated heterocycles. The van der Waals surface area contributed by atoms with Gasteiger partial charge in [-0.05, 0) is 63.6 Å². The predicted molar refractivity (Wildman–Crippen MR) is 117 cm³/mol. The maximum Gasteiger partial charge on any atom is 0.264 e. The van der Waals surface area contributed by atoms with Crippen LogP contribution in [0.3, 0.4) is 0 Å². The number of hydrogen-bond acceptors (Lipinski definition) is 5. The van der Waals surface area contributed by atoms with Crippen molar-refractivity contribution in [3.63, 3.8) is 0 Å². The van der Waals surface area contributed by atoms with Crippen LogP contribution in [0.25, 0.3) is 0 Å². The smallest absolute Gasteiger partial charge is 0.264 e. The molecule has 0 aliphatic carbocycles. The standard InChI is InChI=1S/C22H30N2O5S/c1-4-28-20-11-13-21(14-12-20)30(26,27)24(19-9-6-5-7-10-19)17-22(25)23-15-8-16-29-18(2)3/h5-7,9-14,18H,4,8,15-17H2,1-3H3,(H,23,25). The van der Waals surface area contributed by atoms with E-state index >= 15 is 0 Å². The van der Waals surface area contributed by atoms with E-state index in [-0.39, 0.29) is 23.5 Å². The van der Waals surface area contributed by atoms with Gasteiger partial charge in [-0.25, -0.2) is 8.42 Å². The molecule has 2 aromatic rings. The lowest BCUT2D eigenvalue weighted by Gasteiger charge is -2.24. The summed E-state index contributed by atoms with van der Waals surface area (Å²) in [6.45, 7) is 6.87. The molecule has 0 bridgehead atoms. The van der Waals surface area contributed by atoms with E-state index in [9.17, 15) is 13.2 Å². The Morgan fingerprint density at radius 3 is 2.33 bits per heavy atom. The van der Waals surface area contributed by atoms with Gasteiger partial charge in [0.25, 0.3) is 10.0 Å². The third kappa shape index (κ3) is 7.03. The average molecular weight is 435 g/mol. The van der Waals surface area contributed by atoms with Gasteiger partial charge in [0, 0.05) is 13.2 Å². The molecular formula is C22H30N2O5S. The Kier molecular flexibility index (Phi) is 9.14. The van der Waals surface area contributed by atoms with E-state index in [1.807, 2.05) is 20.8 Å². The van der Waals surface area contributed by atoms with E-state index in [1.165, 1.54) is 12.1 Å². The number of hydrogen-bond donors (Lipinski definition) is 1. The molecule has 8 heteroatoms. The van der Waals surface area contributed by atoms with Crippen molar-refractivity contribution in [1.29, 1.82) is 0 Å². The molecule has 2 rings (SSSR count). The molecule has 0 aromatic heterocycles. The summed E-state index contributed by atoms with van der Waals surface area (Å²) < 4.78 is 38.5. The fourth-order valence-corrected chi connectivity index (χ4v) is 4.14. The highest BCUT2D eigenvalue weighted by Gasteiger charge is 2.27. The lowest BCUT2D eigenvalue weighted by Crippen LogP contribution is -2.41. The van der Waals surface area contributed by atoms with Gasteiger partial charge in [0.1, 0.15) is 12.3 Å². The van der Waals surface area contributed by atoms with E-state index < -0.39 is 10.0 Å². The molecule has 0 aliphatic heterocycles. The quantitative estimate of drug-likeness (QED) is 0.519. The summed E-state index contributed by atoms with van der Waals surface area (Å²) in [5, 5.41) is 2.76. The fraction of sp³-hybridized carbons (Fsp3) is 0.409. The van der Waals surface area contributed by atoms with Crippen molar-refractivity contribution in [3.8, 4) is 5.75 Å². The lowest BCUT2D eigenvalue weighted by molar-refractivity contribution is -0.119. The molecular weight excluding hydrogens is 404 g/mol. The first kappa shape index (κ1) is 23.7. The monoisotopic (exact) mass is 434 g/mol. The summed E-state index contributed by atoms with van der Waals surface area (Å²) in [6, 6.07) is 14.8. The van der Waals surface area contributed by atoms with Crippen molar-refractivity contribution < 1.29 is 22.7 Å². The zero-order valence-corrected chi connectivity index (χ0v) is 18.5. The topological polar surface area (TPSA) is 84.9 Å². The summed E-state index contributed by atoms with van der Waals surface area (Å²) in [5.74, 6) is 0.210. The first-order valence-electron chi connectivity index (χ1n) is 10.0. The van der Waals surface area contributed by atoms with Gasteiger partial charge >= 0.3 is 0 Å². The van der Waals surface area contributed by atoms with E-state index in [0.717, 1.165) is 4.31 Å². The zero-order chi connectivity index (χ0) is 22.0. The Hall–Kier alpha value is -2.58. The molecule has 0 fully saturated rings. The van der Waals surface area contributed by atoms with Crippen LogP contribution in [0.5, 0.6) is 5.75 Å². The lowest BCUT2D eigenvalue weighted by atomic mass is 10.3. The largest absolute Gasteiger partial charge is 0.494 e. The number of amides is 1. The minimum atomic E-state index is -3.94. The number of carbonyl (C=O) groups is 1. The molecule has 0 unspecified atom stereocenters. The zero-order valence-electron chi connectivity index (χ0n) is 17.7. The van der Waals surface area contributed by atoms with Crippen molar-refractivity contribution in [3.05, 3.63) is 54.6 Å². The molecule has 0 saturated carbocycles. The normalized spacial score (nSPS) is 11.3. The van der Waals surface area contributed by atoms with Crippen LogP contribution in [-0.4, -0.2) is 46.7 Å². The van der Waals surface area contributed by atoms with E-state index in [0.29, 0.717) is 37.6 Å². The van der Waals surface area contributed by atoms with Crippen LogP contribution in [0.2, 0.25) is 0 Å². The summed E-state index contributed by atoms with van der Waals surface area (Å²) >= 11 is 0. The molecule has 30 heavy (non-hydrogen) atoms. The number of carbonyl (C=O) groups excluding carboxylic acids is 1. The van der Waals surface area contributed by atoms with E-state index in [2.05, 4.69) is 5.32 Å². The van der Waals surface area contributed by atoms with Crippen molar-refractivity contribution in [2.24, 2.45) is 0 Å². The first-order chi connectivity index (χ1) is 14.3. The highest BCUT2D eigenvalue weighted by molar-refractivity contribution is 7.92. The van der Waals surface area contributed by atoms with Crippen LogP contribution in [-0.2, 0) is 19.6 Å². The number of ether oxygens (including phenoxy) is 2. The van der Waals surface area contributed by atoms with Crippen LogP contribution >= 0.6 is 0 Å². The number of rotatable bonds is 12. The molecule has 0 atom stereocenters. The first-order valence-corrected chi connectivity index (χ1v) is 11.5. The van der Waals surface area contributed by atoms with Crippen LogP contribution in [0, 0.1) is 0 Å². The number of nitrogens with zero attached hydrogens (tertiary/aromatic N) is 1. The molecule has 0 aliphatic rings. The highest BCUT2D eigenvalue weighted by atomic mass is 32.2. The van der Waals surface area contributed by atoms with Crippen molar-refractivity contribution in [2.75, 3.05) is 30.6 Å². The van der Waals surface area contributed by atoms with Crippen LogP contribution in [0.4, 0.5) is 5.69 Å². The molecule has 2 aromatic carbocycles. The summed E-state index contributed by atoms with van der Waals surface area (Å²) in [6.07, 6.45) is 0.787. The summed E-state index contributed by atoms with van der Waals surface area (Å²) in [7, 11) is -3.94. The SMILES string of the molecule is CCOc1ccc(S(=O)(=O)N(CC(=O)NCCCOC(C)C)c2ccccc2)cc1. The maximum atomic E-state index is 13.3. The summed E-state index contributed by atoms with van der Waals surface area (Å²) in [4.78, 5) is 12.6. The molecule has 0 radical (unpaired) electrons. The minimum absolute atomic E-state index is 0.0907. The molecule has 0 spiro atoms. The second-order valence-electron chi connectivity index (χ2n) is 6.87. The van der Waals surface area contributed by atoms with Gasteiger partial charge in [-0.2, -0.15) is 0 Å². The van der Waals surface area contributed by atoms with E-state index in [1.54, 1.807) is 42.5 Å². The number of nitrogens with one attached hydrogen (secondary N) is 1. The van der Waals surface area contributed by atoms with Gasteiger partial charge in [0.2, 0.25) is 5.91 Å². The van der Waals surface area contributed by atoms with Crippen molar-refractivity contribution >= 4 is 21.6 Å². The number of sulfonamides is 1. The van der Waals surface area contributed by atoms with Gasteiger partial charge in [-0.15, -0.1) is 0 Å². The average Bonchev–Trinajstić information content (AvgIpc) is 2.72. The van der Waals surface area contributed by atoms with Crippen LogP contribution < -0.4 is 14.4 Å². The Morgan fingerprint density at radius 2 is 1.73 bits per heavy atom. The van der Waals surface area contributed by atoms with Crippen LogP contribution in [0.15, 0.2) is 59.5 Å². The Labute approximate surface area is 179 Å². The molecule has 7 nitrogen and oxygen atoms in total. The second-order valence-corrected chi connectivity index (χ2v) is 8.74. The van der Waals surface area contributed by atoms with Crippen molar-refractivity contribution in [2.45, 2.75) is 38.2 Å². The predicted octanol–water partition coefficient (Wildman–Crippen LogP) is 3.21. The molecule has 164 valence electrons. The van der Waals surface area contributed by atoms with Crippen molar-refractivity contribution in [1.82, 2.24) is 5.32 Å². The highest BCUT2D eigenvalue weighted by Crippen LogP contribution is 2.24. The molecule has 1 N–H and O–H groups in total. The van der Waals surface area contributed by atoms with Gasteiger partial charge < -0.3 is 14.8 Å². The molecule has 0 heterocycles. The number of anilines is 1. The number of benzene rings is 2. The van der Waals surface area contributed by atoms with Gasteiger partial charge in [-0.3, -0.25) is 9.10 Å².